The Bertz CT molecular complexity index is 998. The lowest BCUT2D eigenvalue weighted by atomic mass is 9.82. The topological polar surface area (TPSA) is 122 Å². The number of hydrogen-bond acceptors (Lipinski definition) is 7. The molecule has 32 heavy (non-hydrogen) atoms. The van der Waals surface area contributed by atoms with Crippen LogP contribution in [0, 0.1) is 0 Å². The van der Waals surface area contributed by atoms with Crippen molar-refractivity contribution in [3.05, 3.63) is 29.8 Å². The molecule has 174 valence electrons. The van der Waals surface area contributed by atoms with E-state index in [-0.39, 0.29) is 30.5 Å². The van der Waals surface area contributed by atoms with Crippen LogP contribution in [-0.4, -0.2) is 73.9 Å². The van der Waals surface area contributed by atoms with Crippen LogP contribution in [0.2, 0.25) is 0 Å². The van der Waals surface area contributed by atoms with E-state index >= 15 is 0 Å². The van der Waals surface area contributed by atoms with E-state index < -0.39 is 34.1 Å². The van der Waals surface area contributed by atoms with Crippen LogP contribution in [0.25, 0.3) is 0 Å². The van der Waals surface area contributed by atoms with E-state index in [9.17, 15) is 22.8 Å². The van der Waals surface area contributed by atoms with Crippen LogP contribution in [0.15, 0.2) is 29.2 Å². The van der Waals surface area contributed by atoms with Gasteiger partial charge in [0.15, 0.2) is 0 Å². The second-order valence-electron chi connectivity index (χ2n) is 8.29. The van der Waals surface area contributed by atoms with Crippen molar-refractivity contribution in [2.24, 2.45) is 0 Å². The normalized spacial score (nSPS) is 21.6. The number of imide groups is 1. The molecule has 1 saturated carbocycles. The van der Waals surface area contributed by atoms with E-state index in [4.69, 9.17) is 9.47 Å². The summed E-state index contributed by atoms with van der Waals surface area (Å²) in [7, 11) is -3.67. The number of nitrogens with zero attached hydrogens (tertiary/aromatic N) is 2. The molecule has 2 aliphatic heterocycles. The summed E-state index contributed by atoms with van der Waals surface area (Å²) in [4.78, 5) is 38.4. The van der Waals surface area contributed by atoms with Crippen molar-refractivity contribution in [2.45, 2.75) is 49.1 Å². The zero-order valence-corrected chi connectivity index (χ0v) is 18.6. The number of nitrogens with one attached hydrogen (secondary N) is 1. The summed E-state index contributed by atoms with van der Waals surface area (Å²) in [5.41, 5.74) is -0.397. The molecule has 3 aliphatic rings. The predicted molar refractivity (Wildman–Crippen MR) is 112 cm³/mol. The van der Waals surface area contributed by atoms with Crippen molar-refractivity contribution in [3.63, 3.8) is 0 Å². The number of morpholine rings is 1. The van der Waals surface area contributed by atoms with Crippen molar-refractivity contribution < 1.29 is 32.3 Å². The highest BCUT2D eigenvalue weighted by Gasteiger charge is 2.51. The molecule has 0 atom stereocenters. The molecule has 4 rings (SSSR count). The first-order valence-electron chi connectivity index (χ1n) is 10.8. The van der Waals surface area contributed by atoms with Crippen molar-refractivity contribution >= 4 is 27.9 Å². The van der Waals surface area contributed by atoms with Crippen molar-refractivity contribution in [3.8, 4) is 0 Å². The molecule has 2 saturated heterocycles. The molecule has 0 bridgehead atoms. The Morgan fingerprint density at radius 2 is 1.84 bits per heavy atom. The lowest BCUT2D eigenvalue weighted by Gasteiger charge is -2.30. The quantitative estimate of drug-likeness (QED) is 0.491. The molecular formula is C21H27N3O7S. The van der Waals surface area contributed by atoms with Gasteiger partial charge in [0.1, 0.15) is 18.7 Å². The summed E-state index contributed by atoms with van der Waals surface area (Å²) in [5.74, 6) is -1.11. The molecule has 0 radical (unpaired) electrons. The average molecular weight is 466 g/mol. The van der Waals surface area contributed by atoms with Crippen molar-refractivity contribution in [1.82, 2.24) is 14.5 Å². The lowest BCUT2D eigenvalue weighted by molar-refractivity contribution is -0.149. The van der Waals surface area contributed by atoms with E-state index in [1.165, 1.54) is 16.4 Å². The number of rotatable bonds is 6. The van der Waals surface area contributed by atoms with Gasteiger partial charge in [0.25, 0.3) is 5.91 Å². The zero-order chi connectivity index (χ0) is 22.8. The minimum atomic E-state index is -3.67. The third-order valence-electron chi connectivity index (χ3n) is 6.15. The largest absolute Gasteiger partial charge is 0.459 e. The first kappa shape index (κ1) is 22.7. The van der Waals surface area contributed by atoms with Crippen LogP contribution in [0.5, 0.6) is 0 Å². The Labute approximate surface area is 186 Å². The maximum atomic E-state index is 12.8. The Hall–Kier alpha value is -2.50. The highest BCUT2D eigenvalue weighted by molar-refractivity contribution is 7.89. The SMILES string of the molecule is O=C(CN1C(=O)NC2(CCCCC2)C1=O)OCc1cccc(S(=O)(=O)N2CCOCC2)c1. The number of sulfonamides is 1. The van der Waals surface area contributed by atoms with E-state index in [1.807, 2.05) is 0 Å². The third-order valence-corrected chi connectivity index (χ3v) is 8.04. The number of carbonyl (C=O) groups is 3. The Kier molecular flexibility index (Phi) is 6.50. The molecule has 11 heteroatoms. The summed E-state index contributed by atoms with van der Waals surface area (Å²) >= 11 is 0. The second-order valence-corrected chi connectivity index (χ2v) is 10.2. The molecule has 1 aliphatic carbocycles. The van der Waals surface area contributed by atoms with Gasteiger partial charge in [0.2, 0.25) is 10.0 Å². The van der Waals surface area contributed by atoms with E-state index in [0.29, 0.717) is 31.6 Å². The lowest BCUT2D eigenvalue weighted by Crippen LogP contribution is -2.48. The van der Waals surface area contributed by atoms with Gasteiger partial charge in [-0.2, -0.15) is 4.31 Å². The first-order valence-corrected chi connectivity index (χ1v) is 12.2. The van der Waals surface area contributed by atoms with Crippen LogP contribution in [0.4, 0.5) is 4.79 Å². The van der Waals surface area contributed by atoms with Gasteiger partial charge in [0, 0.05) is 13.1 Å². The van der Waals surface area contributed by atoms with Gasteiger partial charge in [-0.1, -0.05) is 31.4 Å². The molecule has 1 spiro atoms. The molecule has 1 aromatic carbocycles. The number of urea groups is 1. The number of benzene rings is 1. The summed E-state index contributed by atoms with van der Waals surface area (Å²) in [5, 5.41) is 2.75. The monoisotopic (exact) mass is 465 g/mol. The van der Waals surface area contributed by atoms with Crippen molar-refractivity contribution in [1.29, 1.82) is 0 Å². The highest BCUT2D eigenvalue weighted by Crippen LogP contribution is 2.33. The Balaban J connectivity index is 1.36. The molecule has 2 heterocycles. The number of ether oxygens (including phenoxy) is 2. The Morgan fingerprint density at radius 3 is 2.56 bits per heavy atom. The van der Waals surface area contributed by atoms with E-state index in [0.717, 1.165) is 24.2 Å². The second kappa shape index (κ2) is 9.16. The highest BCUT2D eigenvalue weighted by atomic mass is 32.2. The number of carbonyl (C=O) groups excluding carboxylic acids is 3. The maximum absolute atomic E-state index is 12.8. The standard InChI is InChI=1S/C21H27N3O7S/c25-18(14-24-19(26)21(22-20(24)27)7-2-1-3-8-21)31-15-16-5-4-6-17(13-16)32(28,29)23-9-11-30-12-10-23/h4-6,13H,1-3,7-12,14-15H2,(H,22,27). The fraction of sp³-hybridized carbons (Fsp3) is 0.571. The smallest absolute Gasteiger partial charge is 0.326 e. The van der Waals surface area contributed by atoms with E-state index in [2.05, 4.69) is 5.32 Å². The fourth-order valence-electron chi connectivity index (χ4n) is 4.38. The van der Waals surface area contributed by atoms with Gasteiger partial charge >= 0.3 is 12.0 Å². The van der Waals surface area contributed by atoms with Crippen LogP contribution in [-0.2, 0) is 35.7 Å². The average Bonchev–Trinajstić information content (AvgIpc) is 3.02. The molecule has 0 unspecified atom stereocenters. The minimum Gasteiger partial charge on any atom is -0.459 e. The molecule has 1 N–H and O–H groups in total. The molecule has 10 nitrogen and oxygen atoms in total. The van der Waals surface area contributed by atoms with Gasteiger partial charge in [-0.15, -0.1) is 0 Å². The summed E-state index contributed by atoms with van der Waals surface area (Å²) < 4.78 is 37.4. The molecule has 0 aromatic heterocycles. The van der Waals surface area contributed by atoms with Gasteiger partial charge in [-0.3, -0.25) is 14.5 Å². The summed E-state index contributed by atoms with van der Waals surface area (Å²) in [6, 6.07) is 5.61. The van der Waals surface area contributed by atoms with Crippen molar-refractivity contribution in [2.75, 3.05) is 32.8 Å². The van der Waals surface area contributed by atoms with Gasteiger partial charge in [-0.25, -0.2) is 13.2 Å². The maximum Gasteiger partial charge on any atom is 0.326 e. The van der Waals surface area contributed by atoms with Crippen LogP contribution >= 0.6 is 0 Å². The minimum absolute atomic E-state index is 0.112. The van der Waals surface area contributed by atoms with Gasteiger partial charge < -0.3 is 14.8 Å². The Morgan fingerprint density at radius 1 is 1.12 bits per heavy atom. The van der Waals surface area contributed by atoms with Crippen LogP contribution < -0.4 is 5.32 Å². The van der Waals surface area contributed by atoms with Gasteiger partial charge in [-0.05, 0) is 30.5 Å². The molecule has 3 fully saturated rings. The van der Waals surface area contributed by atoms with Crippen LogP contribution in [0.3, 0.4) is 0 Å². The fourth-order valence-corrected chi connectivity index (χ4v) is 5.86. The number of hydrogen-bond donors (Lipinski definition) is 1. The number of esters is 1. The van der Waals surface area contributed by atoms with Gasteiger partial charge in [0.05, 0.1) is 18.1 Å². The zero-order valence-electron chi connectivity index (χ0n) is 17.7. The molecular weight excluding hydrogens is 438 g/mol. The third kappa shape index (κ3) is 4.50. The first-order chi connectivity index (χ1) is 15.3. The van der Waals surface area contributed by atoms with Crippen LogP contribution in [0.1, 0.15) is 37.7 Å². The van der Waals surface area contributed by atoms with E-state index in [1.54, 1.807) is 12.1 Å². The number of amides is 3. The molecule has 3 amide bonds. The summed E-state index contributed by atoms with van der Waals surface area (Å²) in [6.07, 6.45) is 3.89. The summed E-state index contributed by atoms with van der Waals surface area (Å²) in [6.45, 7) is 0.628. The molecule has 1 aromatic rings. The predicted octanol–water partition coefficient (Wildman–Crippen LogP) is 1.01.